The van der Waals surface area contributed by atoms with Crippen molar-refractivity contribution in [3.8, 4) is 0 Å². The summed E-state index contributed by atoms with van der Waals surface area (Å²) in [4.78, 5) is 6.92. The lowest BCUT2D eigenvalue weighted by molar-refractivity contribution is 0.351. The molecule has 0 amide bonds. The van der Waals surface area contributed by atoms with Crippen LogP contribution in [0.3, 0.4) is 0 Å². The van der Waals surface area contributed by atoms with Crippen LogP contribution in [0.2, 0.25) is 0 Å². The molecule has 1 atom stereocenters. The van der Waals surface area contributed by atoms with Gasteiger partial charge in [0.2, 0.25) is 0 Å². The first-order valence-corrected chi connectivity index (χ1v) is 7.33. The van der Waals surface area contributed by atoms with Crippen LogP contribution < -0.4 is 4.90 Å². The molecule has 0 aliphatic carbocycles. The summed E-state index contributed by atoms with van der Waals surface area (Å²) in [7, 11) is 0. The minimum absolute atomic E-state index is 0.808. The van der Waals surface area contributed by atoms with Gasteiger partial charge in [-0.05, 0) is 59.2 Å². The first-order chi connectivity index (χ1) is 8.18. The van der Waals surface area contributed by atoms with Crippen LogP contribution in [0.5, 0.6) is 0 Å². The molecule has 1 aromatic rings. The Kier molecular flexibility index (Phi) is 4.43. The van der Waals surface area contributed by atoms with Gasteiger partial charge in [0.1, 0.15) is 5.82 Å². The van der Waals surface area contributed by atoms with E-state index in [-0.39, 0.29) is 0 Å². The Morgan fingerprint density at radius 2 is 2.18 bits per heavy atom. The molecule has 2 rings (SSSR count). The van der Waals surface area contributed by atoms with Gasteiger partial charge >= 0.3 is 0 Å². The fourth-order valence-corrected chi connectivity index (χ4v) is 3.12. The molecule has 1 aliphatic heterocycles. The van der Waals surface area contributed by atoms with Gasteiger partial charge in [-0.15, -0.1) is 0 Å². The summed E-state index contributed by atoms with van der Waals surface area (Å²) >= 11 is 3.60. The minimum atomic E-state index is 0.808. The maximum atomic E-state index is 4.49. The summed E-state index contributed by atoms with van der Waals surface area (Å²) in [5.74, 6) is 2.79. The second-order valence-corrected chi connectivity index (χ2v) is 6.09. The predicted molar refractivity (Wildman–Crippen MR) is 76.3 cm³/mol. The lowest BCUT2D eigenvalue weighted by Crippen LogP contribution is -2.25. The van der Waals surface area contributed by atoms with Crippen molar-refractivity contribution in [2.75, 3.05) is 18.0 Å². The smallest absolute Gasteiger partial charge is 0.142 e. The van der Waals surface area contributed by atoms with E-state index in [4.69, 9.17) is 0 Å². The molecule has 1 fully saturated rings. The monoisotopic (exact) mass is 296 g/mol. The molecular weight excluding hydrogens is 276 g/mol. The van der Waals surface area contributed by atoms with E-state index in [0.717, 1.165) is 35.2 Å². The average Bonchev–Trinajstić information content (AvgIpc) is 2.55. The molecule has 17 heavy (non-hydrogen) atoms. The average molecular weight is 297 g/mol. The lowest BCUT2D eigenvalue weighted by Gasteiger charge is -2.23. The van der Waals surface area contributed by atoms with Gasteiger partial charge in [0.15, 0.2) is 0 Å². The Hall–Kier alpha value is -0.570. The molecule has 1 aliphatic rings. The topological polar surface area (TPSA) is 16.1 Å². The highest BCUT2D eigenvalue weighted by Crippen LogP contribution is 2.29. The van der Waals surface area contributed by atoms with Crippen molar-refractivity contribution in [3.05, 3.63) is 22.8 Å². The first kappa shape index (κ1) is 12.9. The van der Waals surface area contributed by atoms with Gasteiger partial charge < -0.3 is 4.90 Å². The number of aromatic nitrogens is 1. The Morgan fingerprint density at radius 3 is 2.88 bits per heavy atom. The van der Waals surface area contributed by atoms with Crippen molar-refractivity contribution in [1.82, 2.24) is 4.98 Å². The minimum Gasteiger partial charge on any atom is -0.356 e. The third kappa shape index (κ3) is 3.21. The maximum Gasteiger partial charge on any atom is 0.142 e. The van der Waals surface area contributed by atoms with Crippen LogP contribution in [-0.4, -0.2) is 18.1 Å². The summed E-state index contributed by atoms with van der Waals surface area (Å²) in [5.41, 5.74) is 0. The van der Waals surface area contributed by atoms with Crippen molar-refractivity contribution in [2.24, 2.45) is 11.8 Å². The standard InChI is InChI=1S/C14H21BrN2/c1-11(2)12-5-4-9-17(10-7-12)14-13(15)6-3-8-16-14/h3,6,8,11-12H,4-5,7,9-10H2,1-2H3. The zero-order valence-electron chi connectivity index (χ0n) is 10.7. The van der Waals surface area contributed by atoms with Crippen LogP contribution in [0.15, 0.2) is 22.8 Å². The van der Waals surface area contributed by atoms with Crippen molar-refractivity contribution < 1.29 is 0 Å². The Balaban J connectivity index is 2.07. The molecule has 0 saturated carbocycles. The molecule has 1 aromatic heterocycles. The summed E-state index contributed by atoms with van der Waals surface area (Å²) in [5, 5.41) is 0. The first-order valence-electron chi connectivity index (χ1n) is 6.54. The number of hydrogen-bond donors (Lipinski definition) is 0. The third-order valence-electron chi connectivity index (χ3n) is 3.75. The Bertz CT molecular complexity index is 365. The third-order valence-corrected chi connectivity index (χ3v) is 4.37. The number of nitrogens with zero attached hydrogens (tertiary/aromatic N) is 2. The normalized spacial score (nSPS) is 21.6. The molecule has 0 N–H and O–H groups in total. The zero-order chi connectivity index (χ0) is 12.3. The molecule has 2 heterocycles. The van der Waals surface area contributed by atoms with Crippen molar-refractivity contribution in [1.29, 1.82) is 0 Å². The molecule has 0 bridgehead atoms. The molecule has 3 heteroatoms. The van der Waals surface area contributed by atoms with Crippen molar-refractivity contribution in [3.63, 3.8) is 0 Å². The number of halogens is 1. The highest BCUT2D eigenvalue weighted by atomic mass is 79.9. The summed E-state index contributed by atoms with van der Waals surface area (Å²) in [6.45, 7) is 6.96. The summed E-state index contributed by atoms with van der Waals surface area (Å²) in [6, 6.07) is 4.05. The van der Waals surface area contributed by atoms with Crippen LogP contribution in [0.4, 0.5) is 5.82 Å². The summed E-state index contributed by atoms with van der Waals surface area (Å²) in [6.07, 6.45) is 5.82. The second kappa shape index (κ2) is 5.85. The Labute approximate surface area is 113 Å². The quantitative estimate of drug-likeness (QED) is 0.816. The SMILES string of the molecule is CC(C)C1CCCN(c2ncccc2Br)CC1. The van der Waals surface area contributed by atoms with E-state index in [0.29, 0.717) is 0 Å². The second-order valence-electron chi connectivity index (χ2n) is 5.23. The van der Waals surface area contributed by atoms with Gasteiger partial charge in [-0.1, -0.05) is 13.8 Å². The molecule has 94 valence electrons. The van der Waals surface area contributed by atoms with Crippen LogP contribution in [-0.2, 0) is 0 Å². The highest BCUT2D eigenvalue weighted by molar-refractivity contribution is 9.10. The van der Waals surface area contributed by atoms with Gasteiger partial charge in [-0.3, -0.25) is 0 Å². The van der Waals surface area contributed by atoms with Crippen molar-refractivity contribution >= 4 is 21.7 Å². The fourth-order valence-electron chi connectivity index (χ4n) is 2.61. The molecule has 1 unspecified atom stereocenters. The largest absolute Gasteiger partial charge is 0.356 e. The van der Waals surface area contributed by atoms with E-state index in [2.05, 4.69) is 45.7 Å². The van der Waals surface area contributed by atoms with Crippen LogP contribution >= 0.6 is 15.9 Å². The van der Waals surface area contributed by atoms with Gasteiger partial charge in [-0.25, -0.2) is 4.98 Å². The number of pyridine rings is 1. The zero-order valence-corrected chi connectivity index (χ0v) is 12.3. The van der Waals surface area contributed by atoms with Gasteiger partial charge in [0, 0.05) is 19.3 Å². The lowest BCUT2D eigenvalue weighted by atomic mass is 9.89. The van der Waals surface area contributed by atoms with Crippen LogP contribution in [0.25, 0.3) is 0 Å². The highest BCUT2D eigenvalue weighted by Gasteiger charge is 2.20. The van der Waals surface area contributed by atoms with E-state index in [1.54, 1.807) is 0 Å². The molecular formula is C14H21BrN2. The fraction of sp³-hybridized carbons (Fsp3) is 0.643. The van der Waals surface area contributed by atoms with E-state index in [1.165, 1.54) is 19.3 Å². The Morgan fingerprint density at radius 1 is 1.35 bits per heavy atom. The molecule has 0 radical (unpaired) electrons. The maximum absolute atomic E-state index is 4.49. The van der Waals surface area contributed by atoms with E-state index < -0.39 is 0 Å². The van der Waals surface area contributed by atoms with Gasteiger partial charge in [0.25, 0.3) is 0 Å². The van der Waals surface area contributed by atoms with Gasteiger partial charge in [0.05, 0.1) is 4.47 Å². The molecule has 2 nitrogen and oxygen atoms in total. The van der Waals surface area contributed by atoms with Crippen LogP contribution in [0.1, 0.15) is 33.1 Å². The number of rotatable bonds is 2. The molecule has 1 saturated heterocycles. The van der Waals surface area contributed by atoms with E-state index >= 15 is 0 Å². The molecule has 0 spiro atoms. The number of anilines is 1. The molecule has 0 aromatic carbocycles. The van der Waals surface area contributed by atoms with E-state index in [9.17, 15) is 0 Å². The summed E-state index contributed by atoms with van der Waals surface area (Å²) < 4.78 is 1.11. The van der Waals surface area contributed by atoms with E-state index in [1.807, 2.05) is 12.3 Å². The predicted octanol–water partition coefficient (Wildman–Crippen LogP) is 4.11. The van der Waals surface area contributed by atoms with Crippen LogP contribution in [0, 0.1) is 11.8 Å². The number of hydrogen-bond acceptors (Lipinski definition) is 2. The van der Waals surface area contributed by atoms with Crippen molar-refractivity contribution in [2.45, 2.75) is 33.1 Å². The van der Waals surface area contributed by atoms with Gasteiger partial charge in [-0.2, -0.15) is 0 Å².